The molecule has 3 rings (SSSR count). The Morgan fingerprint density at radius 1 is 1.28 bits per heavy atom. The van der Waals surface area contributed by atoms with Gasteiger partial charge in [0, 0.05) is 17.9 Å². The van der Waals surface area contributed by atoms with E-state index in [1.807, 2.05) is 24.5 Å². The fraction of sp³-hybridized carbons (Fsp3) is 0.211. The van der Waals surface area contributed by atoms with Gasteiger partial charge in [-0.2, -0.15) is 0 Å². The maximum absolute atomic E-state index is 11.0. The second-order valence-corrected chi connectivity index (χ2v) is 6.46. The summed E-state index contributed by atoms with van der Waals surface area (Å²) in [5.74, 6) is 0.982. The number of primary amides is 1. The molecule has 25 heavy (non-hydrogen) atoms. The molecule has 0 aliphatic heterocycles. The molecule has 2 aromatic carbocycles. The predicted molar refractivity (Wildman–Crippen MR) is 99.2 cm³/mol. The molecule has 0 aliphatic carbocycles. The van der Waals surface area contributed by atoms with E-state index in [-0.39, 0.29) is 11.7 Å². The quantitative estimate of drug-likeness (QED) is 0.652. The summed E-state index contributed by atoms with van der Waals surface area (Å²) in [7, 11) is 1.55. The zero-order valence-electron chi connectivity index (χ0n) is 14.0. The fourth-order valence-corrected chi connectivity index (χ4v) is 3.47. The number of ether oxygens (including phenoxy) is 1. The van der Waals surface area contributed by atoms with Crippen LogP contribution < -0.4 is 10.5 Å². The molecule has 0 aliphatic rings. The number of aryl methyl sites for hydroxylation is 1. The number of hydrogen-bond donors (Lipinski definition) is 2. The summed E-state index contributed by atoms with van der Waals surface area (Å²) >= 11 is 1.55. The van der Waals surface area contributed by atoms with E-state index >= 15 is 0 Å². The van der Waals surface area contributed by atoms with Gasteiger partial charge in [0.15, 0.2) is 5.76 Å². The van der Waals surface area contributed by atoms with E-state index in [2.05, 4.69) is 0 Å². The average molecular weight is 357 g/mol. The van der Waals surface area contributed by atoms with Gasteiger partial charge in [-0.1, -0.05) is 6.07 Å². The molecule has 0 spiro atoms. The molecular weight excluding hydrogens is 338 g/mol. The van der Waals surface area contributed by atoms with Crippen LogP contribution in [0, 0.1) is 0 Å². The summed E-state index contributed by atoms with van der Waals surface area (Å²) < 4.78 is 11.1. The molecule has 5 nitrogen and oxygen atoms in total. The molecule has 3 aromatic rings. The first-order chi connectivity index (χ1) is 12.0. The van der Waals surface area contributed by atoms with Gasteiger partial charge in [-0.05, 0) is 42.5 Å². The molecule has 0 saturated carbocycles. The van der Waals surface area contributed by atoms with Crippen LogP contribution in [0.25, 0.3) is 22.3 Å². The van der Waals surface area contributed by atoms with Crippen molar-refractivity contribution in [1.82, 2.24) is 0 Å². The Hall–Kier alpha value is -2.60. The predicted octanol–water partition coefficient (Wildman–Crippen LogP) is 3.95. The number of nitrogens with two attached hydrogens (primary N) is 1. The van der Waals surface area contributed by atoms with Gasteiger partial charge >= 0.3 is 0 Å². The van der Waals surface area contributed by atoms with Gasteiger partial charge in [0.1, 0.15) is 17.1 Å². The summed E-state index contributed by atoms with van der Waals surface area (Å²) in [6.45, 7) is 0. The lowest BCUT2D eigenvalue weighted by Gasteiger charge is -2.06. The van der Waals surface area contributed by atoms with Gasteiger partial charge in [0.25, 0.3) is 0 Å². The molecule has 3 N–H and O–H groups in total. The van der Waals surface area contributed by atoms with Gasteiger partial charge in [0.2, 0.25) is 5.91 Å². The number of methoxy groups -OCH3 is 1. The number of aromatic hydroxyl groups is 1. The van der Waals surface area contributed by atoms with Gasteiger partial charge < -0.3 is 20.0 Å². The summed E-state index contributed by atoms with van der Waals surface area (Å²) in [4.78, 5) is 11.9. The number of furan rings is 1. The maximum atomic E-state index is 11.0. The zero-order chi connectivity index (χ0) is 18.0. The largest absolute Gasteiger partial charge is 0.507 e. The topological polar surface area (TPSA) is 85.7 Å². The first-order valence-electron chi connectivity index (χ1n) is 7.78. The van der Waals surface area contributed by atoms with Crippen LogP contribution in [0.3, 0.4) is 0 Å². The van der Waals surface area contributed by atoms with E-state index in [9.17, 15) is 9.90 Å². The number of benzene rings is 2. The van der Waals surface area contributed by atoms with Crippen molar-refractivity contribution < 1.29 is 19.1 Å². The van der Waals surface area contributed by atoms with Crippen LogP contribution >= 0.6 is 11.8 Å². The smallest absolute Gasteiger partial charge is 0.217 e. The Kier molecular flexibility index (Phi) is 4.90. The highest BCUT2D eigenvalue weighted by atomic mass is 32.2. The van der Waals surface area contributed by atoms with Crippen molar-refractivity contribution in [2.45, 2.75) is 17.7 Å². The lowest BCUT2D eigenvalue weighted by molar-refractivity contribution is -0.117. The number of amides is 1. The first kappa shape index (κ1) is 17.2. The molecule has 1 amide bonds. The number of phenolic OH excluding ortho intramolecular Hbond substituents is 1. The molecule has 0 bridgehead atoms. The number of phenols is 1. The minimum absolute atomic E-state index is 0.0997. The molecular formula is C19H19NO4S. The lowest BCUT2D eigenvalue weighted by atomic mass is 10.1. The molecule has 6 heteroatoms. The Morgan fingerprint density at radius 3 is 2.72 bits per heavy atom. The normalized spacial score (nSPS) is 11.0. The minimum atomic E-state index is -0.318. The van der Waals surface area contributed by atoms with Gasteiger partial charge in [-0.3, -0.25) is 4.79 Å². The third-order valence-corrected chi connectivity index (χ3v) is 4.83. The van der Waals surface area contributed by atoms with Crippen LogP contribution in [0.2, 0.25) is 0 Å². The van der Waals surface area contributed by atoms with Crippen LogP contribution in [0.15, 0.2) is 45.7 Å². The fourth-order valence-electron chi connectivity index (χ4n) is 2.76. The van der Waals surface area contributed by atoms with Gasteiger partial charge in [-0.15, -0.1) is 11.8 Å². The standard InChI is InChI=1S/C19H19NO4S/c1-23-12-5-6-13(15(21)10-12)18-19(25-2)14-9-11(4-8-17(20)22)3-7-16(14)24-18/h3,5-7,9-10,21H,4,8H2,1-2H3,(H2,20,22). The first-order valence-corrected chi connectivity index (χ1v) is 9.01. The van der Waals surface area contributed by atoms with Crippen LogP contribution in [-0.4, -0.2) is 24.4 Å². The van der Waals surface area contributed by atoms with Crippen molar-refractivity contribution in [2.75, 3.05) is 13.4 Å². The molecule has 0 atom stereocenters. The van der Waals surface area contributed by atoms with Crippen molar-refractivity contribution >= 4 is 28.6 Å². The third kappa shape index (κ3) is 3.44. The highest BCUT2D eigenvalue weighted by molar-refractivity contribution is 7.99. The van der Waals surface area contributed by atoms with E-state index in [1.165, 1.54) is 0 Å². The van der Waals surface area contributed by atoms with E-state index in [4.69, 9.17) is 14.9 Å². The number of carbonyl (C=O) groups is 1. The molecule has 0 saturated heterocycles. The Morgan fingerprint density at radius 2 is 2.08 bits per heavy atom. The second kappa shape index (κ2) is 7.11. The maximum Gasteiger partial charge on any atom is 0.217 e. The second-order valence-electron chi connectivity index (χ2n) is 5.64. The molecule has 0 radical (unpaired) electrons. The van der Waals surface area contributed by atoms with Crippen molar-refractivity contribution in [1.29, 1.82) is 0 Å². The molecule has 0 unspecified atom stereocenters. The summed E-state index contributed by atoms with van der Waals surface area (Å²) in [6, 6.07) is 10.9. The number of fused-ring (bicyclic) bond motifs is 1. The minimum Gasteiger partial charge on any atom is -0.507 e. The summed E-state index contributed by atoms with van der Waals surface area (Å²) in [5.41, 5.74) is 7.60. The Balaban J connectivity index is 2.08. The highest BCUT2D eigenvalue weighted by Crippen LogP contribution is 2.43. The van der Waals surface area contributed by atoms with E-state index < -0.39 is 0 Å². The molecule has 1 heterocycles. The van der Waals surface area contributed by atoms with Crippen LogP contribution in [0.4, 0.5) is 0 Å². The van der Waals surface area contributed by atoms with Crippen LogP contribution in [0.5, 0.6) is 11.5 Å². The zero-order valence-corrected chi connectivity index (χ0v) is 14.9. The average Bonchev–Trinajstić information content (AvgIpc) is 2.97. The number of carbonyl (C=O) groups excluding carboxylic acids is 1. The summed E-state index contributed by atoms with van der Waals surface area (Å²) in [6.07, 6.45) is 2.86. The number of rotatable bonds is 6. The van der Waals surface area contributed by atoms with Crippen molar-refractivity contribution in [2.24, 2.45) is 5.73 Å². The summed E-state index contributed by atoms with van der Waals surface area (Å²) in [5, 5.41) is 11.3. The van der Waals surface area contributed by atoms with Crippen molar-refractivity contribution in [3.8, 4) is 22.8 Å². The van der Waals surface area contributed by atoms with Gasteiger partial charge in [-0.25, -0.2) is 0 Å². The van der Waals surface area contributed by atoms with E-state index in [0.717, 1.165) is 21.4 Å². The monoisotopic (exact) mass is 357 g/mol. The van der Waals surface area contributed by atoms with Crippen molar-refractivity contribution in [3.05, 3.63) is 42.0 Å². The van der Waals surface area contributed by atoms with Crippen molar-refractivity contribution in [3.63, 3.8) is 0 Å². The van der Waals surface area contributed by atoms with Crippen LogP contribution in [0.1, 0.15) is 12.0 Å². The van der Waals surface area contributed by atoms with E-state index in [1.54, 1.807) is 37.1 Å². The Labute approximate surface area is 149 Å². The third-order valence-electron chi connectivity index (χ3n) is 4.02. The van der Waals surface area contributed by atoms with Crippen LogP contribution in [-0.2, 0) is 11.2 Å². The van der Waals surface area contributed by atoms with E-state index in [0.29, 0.717) is 29.9 Å². The highest BCUT2D eigenvalue weighted by Gasteiger charge is 2.19. The Bertz CT molecular complexity index is 933. The van der Waals surface area contributed by atoms with Gasteiger partial charge in [0.05, 0.1) is 17.6 Å². The molecule has 1 aromatic heterocycles. The lowest BCUT2D eigenvalue weighted by Crippen LogP contribution is -2.11. The SMILES string of the molecule is COc1ccc(-c2oc3ccc(CCC(N)=O)cc3c2SC)c(O)c1. The molecule has 130 valence electrons. The number of hydrogen-bond acceptors (Lipinski definition) is 5. The number of thioether (sulfide) groups is 1. The molecule has 0 fully saturated rings.